The van der Waals surface area contributed by atoms with Gasteiger partial charge in [0.05, 0.1) is 5.92 Å². The van der Waals surface area contributed by atoms with Crippen LogP contribution in [0.3, 0.4) is 0 Å². The van der Waals surface area contributed by atoms with Gasteiger partial charge in [0.15, 0.2) is 0 Å². The largest absolute Gasteiger partial charge is 0.481 e. The predicted octanol–water partition coefficient (Wildman–Crippen LogP) is 2.44. The summed E-state index contributed by atoms with van der Waals surface area (Å²) in [5.41, 5.74) is 0. The van der Waals surface area contributed by atoms with Crippen LogP contribution in [0.5, 0.6) is 0 Å². The fraction of sp³-hybridized carbons (Fsp3) is 0.889. The van der Waals surface area contributed by atoms with Crippen molar-refractivity contribution >= 4 is 12.0 Å². The van der Waals surface area contributed by atoms with Crippen LogP contribution >= 0.6 is 0 Å². The van der Waals surface area contributed by atoms with Crippen LogP contribution in [0.25, 0.3) is 0 Å². The third-order valence-corrected chi connectivity index (χ3v) is 5.74. The van der Waals surface area contributed by atoms with Gasteiger partial charge in [-0.2, -0.15) is 0 Å². The van der Waals surface area contributed by atoms with Crippen LogP contribution in [-0.2, 0) is 4.79 Å². The Bertz CT molecular complexity index is 414. The lowest BCUT2D eigenvalue weighted by molar-refractivity contribution is -0.142. The number of nitrogens with zero attached hydrogens (tertiary/aromatic N) is 1. The molecule has 3 N–H and O–H groups in total. The fourth-order valence-electron chi connectivity index (χ4n) is 4.21. The van der Waals surface area contributed by atoms with Crippen LogP contribution in [0.2, 0.25) is 0 Å². The van der Waals surface area contributed by atoms with Gasteiger partial charge in [-0.25, -0.2) is 4.79 Å². The highest BCUT2D eigenvalue weighted by Crippen LogP contribution is 2.28. The molecule has 0 aromatic rings. The van der Waals surface area contributed by atoms with Gasteiger partial charge in [-0.1, -0.05) is 19.3 Å². The molecule has 0 bridgehead atoms. The van der Waals surface area contributed by atoms with Crippen LogP contribution in [0.15, 0.2) is 0 Å². The third kappa shape index (κ3) is 5.65. The molecule has 0 aliphatic heterocycles. The standard InChI is InChI=1S/C18H33N3O3/c1-21(2)16(13-6-4-3-5-7-13)12-19-18(24)20-15-10-8-14(9-11-15)17(22)23/h13-16H,3-12H2,1-2H3,(H,22,23)(H2,19,20,24). The summed E-state index contributed by atoms with van der Waals surface area (Å²) in [7, 11) is 4.18. The molecule has 1 atom stereocenters. The summed E-state index contributed by atoms with van der Waals surface area (Å²) in [6.45, 7) is 0.675. The second kappa shape index (κ2) is 9.25. The van der Waals surface area contributed by atoms with Crippen LogP contribution in [0, 0.1) is 11.8 Å². The van der Waals surface area contributed by atoms with E-state index in [0.29, 0.717) is 31.3 Å². The zero-order valence-electron chi connectivity index (χ0n) is 15.1. The molecule has 6 heteroatoms. The van der Waals surface area contributed by atoms with E-state index < -0.39 is 5.97 Å². The summed E-state index contributed by atoms with van der Waals surface area (Å²) in [6.07, 6.45) is 9.27. The van der Waals surface area contributed by atoms with E-state index in [1.54, 1.807) is 0 Å². The number of nitrogens with one attached hydrogen (secondary N) is 2. The van der Waals surface area contributed by atoms with Crippen molar-refractivity contribution in [1.82, 2.24) is 15.5 Å². The van der Waals surface area contributed by atoms with Gasteiger partial charge in [0.25, 0.3) is 0 Å². The summed E-state index contributed by atoms with van der Waals surface area (Å²) >= 11 is 0. The van der Waals surface area contributed by atoms with Crippen LogP contribution in [0.1, 0.15) is 57.8 Å². The third-order valence-electron chi connectivity index (χ3n) is 5.74. The van der Waals surface area contributed by atoms with Crippen molar-refractivity contribution < 1.29 is 14.7 Å². The van der Waals surface area contributed by atoms with Crippen molar-refractivity contribution in [2.24, 2.45) is 11.8 Å². The molecule has 1 unspecified atom stereocenters. The fourth-order valence-corrected chi connectivity index (χ4v) is 4.21. The lowest BCUT2D eigenvalue weighted by Gasteiger charge is -2.35. The van der Waals surface area contributed by atoms with E-state index >= 15 is 0 Å². The van der Waals surface area contributed by atoms with Crippen molar-refractivity contribution in [2.45, 2.75) is 69.9 Å². The van der Waals surface area contributed by atoms with Gasteiger partial charge >= 0.3 is 12.0 Å². The predicted molar refractivity (Wildman–Crippen MR) is 94.0 cm³/mol. The molecule has 2 fully saturated rings. The Kier molecular flexibility index (Phi) is 7.34. The van der Waals surface area contributed by atoms with E-state index in [4.69, 9.17) is 5.11 Å². The van der Waals surface area contributed by atoms with Gasteiger partial charge in [0, 0.05) is 18.6 Å². The molecular formula is C18H33N3O3. The van der Waals surface area contributed by atoms with Gasteiger partial charge < -0.3 is 20.6 Å². The molecule has 2 saturated carbocycles. The van der Waals surface area contributed by atoms with E-state index in [1.807, 2.05) is 0 Å². The zero-order valence-corrected chi connectivity index (χ0v) is 15.1. The van der Waals surface area contributed by atoms with Gasteiger partial charge in [-0.15, -0.1) is 0 Å². The lowest BCUT2D eigenvalue weighted by atomic mass is 9.83. The number of likely N-dealkylation sites (N-methyl/N-ethyl adjacent to an activating group) is 1. The smallest absolute Gasteiger partial charge is 0.315 e. The van der Waals surface area contributed by atoms with E-state index in [-0.39, 0.29) is 18.0 Å². The van der Waals surface area contributed by atoms with Crippen molar-refractivity contribution in [1.29, 1.82) is 0 Å². The minimum Gasteiger partial charge on any atom is -0.481 e. The highest BCUT2D eigenvalue weighted by atomic mass is 16.4. The Hall–Kier alpha value is -1.30. The second-order valence-corrected chi connectivity index (χ2v) is 7.67. The van der Waals surface area contributed by atoms with E-state index in [0.717, 1.165) is 12.8 Å². The Labute approximate surface area is 145 Å². The lowest BCUT2D eigenvalue weighted by Crippen LogP contribution is -2.50. The minimum atomic E-state index is -0.709. The molecule has 0 aromatic heterocycles. The first kappa shape index (κ1) is 19.0. The highest BCUT2D eigenvalue weighted by molar-refractivity contribution is 5.74. The molecule has 2 aliphatic carbocycles. The monoisotopic (exact) mass is 339 g/mol. The number of carbonyl (C=O) groups is 2. The summed E-state index contributed by atoms with van der Waals surface area (Å²) in [4.78, 5) is 25.4. The van der Waals surface area contributed by atoms with Gasteiger partial charge in [0.2, 0.25) is 0 Å². The Balaban J connectivity index is 1.72. The SMILES string of the molecule is CN(C)C(CNC(=O)NC1CCC(C(=O)O)CC1)C1CCCCC1. The summed E-state index contributed by atoms with van der Waals surface area (Å²) in [5.74, 6) is -0.283. The number of rotatable bonds is 6. The van der Waals surface area contributed by atoms with Crippen molar-refractivity contribution in [3.05, 3.63) is 0 Å². The normalized spacial score (nSPS) is 26.8. The van der Waals surface area contributed by atoms with Gasteiger partial charge in [-0.3, -0.25) is 4.79 Å². The van der Waals surface area contributed by atoms with Gasteiger partial charge in [-0.05, 0) is 58.5 Å². The van der Waals surface area contributed by atoms with Crippen molar-refractivity contribution in [3.8, 4) is 0 Å². The topological polar surface area (TPSA) is 81.7 Å². The maximum Gasteiger partial charge on any atom is 0.315 e. The zero-order chi connectivity index (χ0) is 17.5. The number of aliphatic carboxylic acids is 1. The molecule has 2 aliphatic rings. The molecule has 0 spiro atoms. The number of hydrogen-bond acceptors (Lipinski definition) is 3. The van der Waals surface area contributed by atoms with Crippen LogP contribution < -0.4 is 10.6 Å². The van der Waals surface area contributed by atoms with E-state index in [2.05, 4.69) is 29.6 Å². The van der Waals surface area contributed by atoms with E-state index in [9.17, 15) is 9.59 Å². The number of carbonyl (C=O) groups excluding carboxylic acids is 1. The molecule has 6 nitrogen and oxygen atoms in total. The molecule has 2 rings (SSSR count). The molecule has 0 radical (unpaired) electrons. The first-order valence-electron chi connectivity index (χ1n) is 9.41. The molecule has 0 saturated heterocycles. The quantitative estimate of drug-likeness (QED) is 0.694. The molecule has 0 heterocycles. The van der Waals surface area contributed by atoms with Crippen LogP contribution in [0.4, 0.5) is 4.79 Å². The number of urea groups is 1. The first-order valence-corrected chi connectivity index (χ1v) is 9.41. The summed E-state index contributed by atoms with van der Waals surface area (Å²) in [5, 5.41) is 15.1. The van der Waals surface area contributed by atoms with Crippen molar-refractivity contribution in [2.75, 3.05) is 20.6 Å². The summed E-state index contributed by atoms with van der Waals surface area (Å²) in [6, 6.07) is 0.378. The Morgan fingerprint density at radius 3 is 2.21 bits per heavy atom. The number of carboxylic acid groups (broad SMARTS) is 1. The highest BCUT2D eigenvalue weighted by Gasteiger charge is 2.28. The second-order valence-electron chi connectivity index (χ2n) is 7.67. The average molecular weight is 339 g/mol. The van der Waals surface area contributed by atoms with Crippen molar-refractivity contribution in [3.63, 3.8) is 0 Å². The number of amides is 2. The maximum atomic E-state index is 12.2. The molecular weight excluding hydrogens is 306 g/mol. The number of hydrogen-bond donors (Lipinski definition) is 3. The average Bonchev–Trinajstić information content (AvgIpc) is 2.56. The Morgan fingerprint density at radius 1 is 1.04 bits per heavy atom. The molecule has 2 amide bonds. The maximum absolute atomic E-state index is 12.2. The molecule has 0 aromatic carbocycles. The van der Waals surface area contributed by atoms with E-state index in [1.165, 1.54) is 32.1 Å². The molecule has 138 valence electrons. The van der Waals surface area contributed by atoms with Crippen LogP contribution in [-0.4, -0.2) is 54.7 Å². The molecule has 24 heavy (non-hydrogen) atoms. The first-order chi connectivity index (χ1) is 11.5. The summed E-state index contributed by atoms with van der Waals surface area (Å²) < 4.78 is 0. The minimum absolute atomic E-state index is 0.105. The number of carboxylic acids is 1. The van der Waals surface area contributed by atoms with Gasteiger partial charge in [0.1, 0.15) is 0 Å². The Morgan fingerprint density at radius 2 is 1.67 bits per heavy atom.